The largest absolute Gasteiger partial charge is 0.411 e. The van der Waals surface area contributed by atoms with E-state index in [4.69, 9.17) is 4.43 Å². The molecule has 0 aliphatic rings. The molecule has 0 aliphatic heterocycles. The van der Waals surface area contributed by atoms with Gasteiger partial charge in [0.2, 0.25) is 0 Å². The maximum Gasteiger partial charge on any atom is 0.192 e. The molecule has 0 N–H and O–H groups in total. The van der Waals surface area contributed by atoms with Gasteiger partial charge in [-0.2, -0.15) is 0 Å². The van der Waals surface area contributed by atoms with Gasteiger partial charge in [-0.25, -0.2) is 0 Å². The highest BCUT2D eigenvalue weighted by atomic mass is 28.4. The molecule has 0 aromatic rings. The van der Waals surface area contributed by atoms with Gasteiger partial charge in [0.25, 0.3) is 0 Å². The van der Waals surface area contributed by atoms with E-state index >= 15 is 0 Å². The minimum atomic E-state index is -1.62. The standard InChI is InChI=1S/C15H32OSi/c1-8-10-11-13-14(12-9-2)16-17(6,7)15(3,4)5/h9,12,14H,8,10-11,13H2,1-7H3/b12-9+/t14-/m1/s1. The van der Waals surface area contributed by atoms with Gasteiger partial charge in [0.15, 0.2) is 8.32 Å². The molecule has 0 fully saturated rings. The molecule has 102 valence electrons. The lowest BCUT2D eigenvalue weighted by molar-refractivity contribution is 0.211. The van der Waals surface area contributed by atoms with Crippen LogP contribution in [0.2, 0.25) is 18.1 Å². The van der Waals surface area contributed by atoms with Crippen molar-refractivity contribution in [3.63, 3.8) is 0 Å². The Morgan fingerprint density at radius 3 is 2.18 bits per heavy atom. The van der Waals surface area contributed by atoms with Gasteiger partial charge in [0.05, 0.1) is 6.10 Å². The van der Waals surface area contributed by atoms with Crippen LogP contribution in [0.25, 0.3) is 0 Å². The van der Waals surface area contributed by atoms with Gasteiger partial charge in [0.1, 0.15) is 0 Å². The van der Waals surface area contributed by atoms with Gasteiger partial charge >= 0.3 is 0 Å². The lowest BCUT2D eigenvalue weighted by Crippen LogP contribution is -2.43. The average Bonchev–Trinajstić information content (AvgIpc) is 2.16. The van der Waals surface area contributed by atoms with Crippen molar-refractivity contribution < 1.29 is 4.43 Å². The maximum atomic E-state index is 6.44. The molecule has 17 heavy (non-hydrogen) atoms. The van der Waals surface area contributed by atoms with Gasteiger partial charge in [-0.1, -0.05) is 59.1 Å². The zero-order chi connectivity index (χ0) is 13.5. The predicted octanol–water partition coefficient (Wildman–Crippen LogP) is 5.53. The van der Waals surface area contributed by atoms with E-state index in [0.717, 1.165) is 0 Å². The SMILES string of the molecule is C/C=C/[C@H](CCCCC)O[Si](C)(C)C(C)(C)C. The molecule has 0 aromatic heterocycles. The average molecular weight is 257 g/mol. The number of hydrogen-bond acceptors (Lipinski definition) is 1. The third-order valence-electron chi connectivity index (χ3n) is 3.75. The number of hydrogen-bond donors (Lipinski definition) is 0. The van der Waals surface area contributed by atoms with Crippen LogP contribution in [-0.4, -0.2) is 14.4 Å². The Labute approximate surface area is 110 Å². The number of rotatable bonds is 7. The van der Waals surface area contributed by atoms with Crippen molar-refractivity contribution in [3.05, 3.63) is 12.2 Å². The molecule has 0 radical (unpaired) electrons. The molecule has 0 saturated heterocycles. The summed E-state index contributed by atoms with van der Waals surface area (Å²) in [6.07, 6.45) is 9.73. The van der Waals surface area contributed by atoms with Gasteiger partial charge in [-0.3, -0.25) is 0 Å². The first-order chi connectivity index (χ1) is 7.74. The molecule has 0 spiro atoms. The molecular weight excluding hydrogens is 224 g/mol. The van der Waals surface area contributed by atoms with Gasteiger partial charge in [0, 0.05) is 0 Å². The van der Waals surface area contributed by atoms with Crippen molar-refractivity contribution in [2.24, 2.45) is 0 Å². The topological polar surface area (TPSA) is 9.23 Å². The minimum Gasteiger partial charge on any atom is -0.411 e. The summed E-state index contributed by atoms with van der Waals surface area (Å²) in [7, 11) is -1.62. The molecule has 0 heterocycles. The molecule has 0 aliphatic carbocycles. The molecule has 0 bridgehead atoms. The van der Waals surface area contributed by atoms with E-state index in [1.807, 2.05) is 0 Å². The summed E-state index contributed by atoms with van der Waals surface area (Å²) in [4.78, 5) is 0. The lowest BCUT2D eigenvalue weighted by atomic mass is 10.1. The fourth-order valence-electron chi connectivity index (χ4n) is 1.56. The Balaban J connectivity index is 4.43. The highest BCUT2D eigenvalue weighted by Crippen LogP contribution is 2.37. The number of allylic oxidation sites excluding steroid dienone is 1. The first-order valence-electron chi connectivity index (χ1n) is 7.05. The summed E-state index contributed by atoms with van der Waals surface area (Å²) < 4.78 is 6.44. The highest BCUT2D eigenvalue weighted by Gasteiger charge is 2.38. The summed E-state index contributed by atoms with van der Waals surface area (Å²) >= 11 is 0. The molecular formula is C15H32OSi. The predicted molar refractivity (Wildman–Crippen MR) is 81.0 cm³/mol. The van der Waals surface area contributed by atoms with E-state index in [1.54, 1.807) is 0 Å². The fourth-order valence-corrected chi connectivity index (χ4v) is 2.87. The van der Waals surface area contributed by atoms with E-state index in [1.165, 1.54) is 25.7 Å². The monoisotopic (exact) mass is 256 g/mol. The van der Waals surface area contributed by atoms with E-state index in [9.17, 15) is 0 Å². The summed E-state index contributed by atoms with van der Waals surface area (Å²) in [5.41, 5.74) is 0. The van der Waals surface area contributed by atoms with Gasteiger partial charge < -0.3 is 4.43 Å². The first kappa shape index (κ1) is 16.9. The van der Waals surface area contributed by atoms with Crippen LogP contribution < -0.4 is 0 Å². The second kappa shape index (κ2) is 7.37. The highest BCUT2D eigenvalue weighted by molar-refractivity contribution is 6.74. The molecule has 2 heteroatoms. The molecule has 0 saturated carbocycles. The quantitative estimate of drug-likeness (QED) is 0.330. The lowest BCUT2D eigenvalue weighted by Gasteiger charge is -2.38. The first-order valence-corrected chi connectivity index (χ1v) is 9.96. The van der Waals surface area contributed by atoms with Crippen molar-refractivity contribution >= 4 is 8.32 Å². The van der Waals surface area contributed by atoms with Crippen molar-refractivity contribution in [1.29, 1.82) is 0 Å². The second-order valence-electron chi connectivity index (χ2n) is 6.44. The summed E-state index contributed by atoms with van der Waals surface area (Å²) in [6.45, 7) is 15.9. The van der Waals surface area contributed by atoms with E-state index in [2.05, 4.69) is 59.9 Å². The Hall–Kier alpha value is -0.0831. The van der Waals surface area contributed by atoms with Crippen molar-refractivity contribution in [1.82, 2.24) is 0 Å². The normalized spacial score (nSPS) is 15.5. The van der Waals surface area contributed by atoms with Gasteiger partial charge in [-0.05, 0) is 31.5 Å². The summed E-state index contributed by atoms with van der Waals surface area (Å²) in [6, 6.07) is 0. The summed E-state index contributed by atoms with van der Waals surface area (Å²) in [5, 5.41) is 0.303. The molecule has 0 unspecified atom stereocenters. The van der Waals surface area contributed by atoms with Crippen molar-refractivity contribution in [2.45, 2.75) is 84.5 Å². The zero-order valence-electron chi connectivity index (χ0n) is 13.0. The summed E-state index contributed by atoms with van der Waals surface area (Å²) in [5.74, 6) is 0. The Morgan fingerprint density at radius 2 is 1.76 bits per heavy atom. The fraction of sp³-hybridized carbons (Fsp3) is 0.867. The Bertz CT molecular complexity index is 226. The van der Waals surface area contributed by atoms with Gasteiger partial charge in [-0.15, -0.1) is 0 Å². The maximum absolute atomic E-state index is 6.44. The van der Waals surface area contributed by atoms with Crippen LogP contribution in [0.4, 0.5) is 0 Å². The molecule has 1 atom stereocenters. The minimum absolute atomic E-state index is 0.303. The third-order valence-corrected chi connectivity index (χ3v) is 8.26. The molecule has 0 rings (SSSR count). The smallest absolute Gasteiger partial charge is 0.192 e. The molecule has 0 aromatic carbocycles. The molecule has 0 amide bonds. The Kier molecular flexibility index (Phi) is 7.34. The van der Waals surface area contributed by atoms with Crippen LogP contribution in [0.15, 0.2) is 12.2 Å². The van der Waals surface area contributed by atoms with Crippen LogP contribution in [-0.2, 0) is 4.43 Å². The van der Waals surface area contributed by atoms with Crippen LogP contribution >= 0.6 is 0 Å². The second-order valence-corrected chi connectivity index (χ2v) is 11.2. The van der Waals surface area contributed by atoms with E-state index in [0.29, 0.717) is 11.1 Å². The Morgan fingerprint density at radius 1 is 1.18 bits per heavy atom. The van der Waals surface area contributed by atoms with Crippen LogP contribution in [0.5, 0.6) is 0 Å². The van der Waals surface area contributed by atoms with Crippen molar-refractivity contribution in [2.75, 3.05) is 0 Å². The van der Waals surface area contributed by atoms with E-state index in [-0.39, 0.29) is 0 Å². The van der Waals surface area contributed by atoms with Crippen LogP contribution in [0.3, 0.4) is 0 Å². The zero-order valence-corrected chi connectivity index (χ0v) is 14.0. The van der Waals surface area contributed by atoms with Crippen LogP contribution in [0.1, 0.15) is 60.3 Å². The third kappa shape index (κ3) is 6.42. The van der Waals surface area contributed by atoms with Crippen LogP contribution in [0, 0.1) is 0 Å². The molecule has 1 nitrogen and oxygen atoms in total. The number of unbranched alkanes of at least 4 members (excludes halogenated alkanes) is 2. The van der Waals surface area contributed by atoms with E-state index < -0.39 is 8.32 Å². The van der Waals surface area contributed by atoms with Crippen molar-refractivity contribution in [3.8, 4) is 0 Å².